The first kappa shape index (κ1) is 18.0. The van der Waals surface area contributed by atoms with Gasteiger partial charge in [-0.25, -0.2) is 9.18 Å². The maximum atomic E-state index is 14.1. The largest absolute Gasteiger partial charge is 0.444 e. The van der Waals surface area contributed by atoms with E-state index in [0.29, 0.717) is 25.9 Å². The average molecular weight is 339 g/mol. The van der Waals surface area contributed by atoms with E-state index in [9.17, 15) is 19.3 Å². The van der Waals surface area contributed by atoms with Crippen LogP contribution in [0.1, 0.15) is 33.6 Å². The van der Waals surface area contributed by atoms with Crippen molar-refractivity contribution in [1.29, 1.82) is 0 Å². The lowest BCUT2D eigenvalue weighted by molar-refractivity contribution is -0.384. The number of hydrogen-bond donors (Lipinski definition) is 1. The number of carbonyl (C=O) groups is 1. The highest BCUT2D eigenvalue weighted by Crippen LogP contribution is 2.32. The van der Waals surface area contributed by atoms with E-state index in [4.69, 9.17) is 4.74 Å². The molecule has 1 heterocycles. The van der Waals surface area contributed by atoms with Crippen LogP contribution < -0.4 is 10.2 Å². The molecule has 0 radical (unpaired) electrons. The van der Waals surface area contributed by atoms with E-state index in [0.717, 1.165) is 0 Å². The summed E-state index contributed by atoms with van der Waals surface area (Å²) in [6.07, 6.45) is 0.632. The number of nitrogens with zero attached hydrogens (tertiary/aromatic N) is 2. The molecule has 1 amide bonds. The number of rotatable bonds is 3. The number of halogens is 1. The van der Waals surface area contributed by atoms with E-state index in [-0.39, 0.29) is 17.4 Å². The van der Waals surface area contributed by atoms with Crippen molar-refractivity contribution in [2.45, 2.75) is 45.3 Å². The smallest absolute Gasteiger partial charge is 0.407 e. The zero-order chi connectivity index (χ0) is 17.9. The molecule has 8 heteroatoms. The number of benzene rings is 1. The fraction of sp³-hybridized carbons (Fsp3) is 0.562. The average Bonchev–Trinajstić information content (AvgIpc) is 2.46. The number of alkyl carbamates (subject to hydrolysis) is 1. The molecule has 1 aliphatic heterocycles. The number of amides is 1. The molecule has 0 aromatic heterocycles. The van der Waals surface area contributed by atoms with Crippen LogP contribution in [-0.2, 0) is 4.74 Å². The quantitative estimate of drug-likeness (QED) is 0.675. The van der Waals surface area contributed by atoms with Crippen LogP contribution in [-0.4, -0.2) is 35.7 Å². The van der Waals surface area contributed by atoms with Gasteiger partial charge < -0.3 is 15.0 Å². The molecule has 1 aliphatic rings. The maximum absolute atomic E-state index is 14.1. The SMILES string of the molecule is CC(C)(C)OC(=O)NC1CCN(c2c(F)cccc2[N+](=O)[O-])CC1. The summed E-state index contributed by atoms with van der Waals surface area (Å²) in [6, 6.07) is 3.74. The topological polar surface area (TPSA) is 84.7 Å². The Morgan fingerprint density at radius 2 is 2.00 bits per heavy atom. The second kappa shape index (κ2) is 7.02. The molecule has 132 valence electrons. The number of anilines is 1. The number of hydrogen-bond acceptors (Lipinski definition) is 5. The molecular weight excluding hydrogens is 317 g/mol. The molecule has 0 spiro atoms. The van der Waals surface area contributed by atoms with Gasteiger partial charge in [0.2, 0.25) is 0 Å². The predicted molar refractivity (Wildman–Crippen MR) is 87.7 cm³/mol. The van der Waals surface area contributed by atoms with Gasteiger partial charge in [0, 0.05) is 25.2 Å². The Morgan fingerprint density at radius 1 is 1.38 bits per heavy atom. The molecule has 1 aromatic rings. The van der Waals surface area contributed by atoms with Gasteiger partial charge in [0.05, 0.1) is 4.92 Å². The minimum Gasteiger partial charge on any atom is -0.444 e. The van der Waals surface area contributed by atoms with Crippen LogP contribution in [0.2, 0.25) is 0 Å². The first-order valence-corrected chi connectivity index (χ1v) is 7.85. The van der Waals surface area contributed by atoms with Crippen LogP contribution in [0.25, 0.3) is 0 Å². The first-order chi connectivity index (χ1) is 11.2. The van der Waals surface area contributed by atoms with E-state index < -0.39 is 22.4 Å². The van der Waals surface area contributed by atoms with E-state index in [1.165, 1.54) is 18.2 Å². The van der Waals surface area contributed by atoms with E-state index in [1.807, 2.05) is 0 Å². The van der Waals surface area contributed by atoms with Gasteiger partial charge in [-0.3, -0.25) is 10.1 Å². The Kier molecular flexibility index (Phi) is 5.26. The minimum absolute atomic E-state index is 0.0122. The Balaban J connectivity index is 1.99. The van der Waals surface area contributed by atoms with Gasteiger partial charge in [-0.15, -0.1) is 0 Å². The molecule has 0 atom stereocenters. The molecule has 2 rings (SSSR count). The molecular formula is C16H22FN3O4. The number of ether oxygens (including phenoxy) is 1. The zero-order valence-corrected chi connectivity index (χ0v) is 14.0. The molecule has 0 bridgehead atoms. The van der Waals surface area contributed by atoms with Crippen molar-refractivity contribution in [2.75, 3.05) is 18.0 Å². The van der Waals surface area contributed by atoms with E-state index in [2.05, 4.69) is 5.32 Å². The summed E-state index contributed by atoms with van der Waals surface area (Å²) in [7, 11) is 0. The summed E-state index contributed by atoms with van der Waals surface area (Å²) in [6.45, 7) is 6.19. The monoisotopic (exact) mass is 339 g/mol. The highest BCUT2D eigenvalue weighted by atomic mass is 19.1. The second-order valence-electron chi connectivity index (χ2n) is 6.77. The third-order valence-electron chi connectivity index (χ3n) is 3.69. The van der Waals surface area contributed by atoms with E-state index >= 15 is 0 Å². The van der Waals surface area contributed by atoms with Crippen LogP contribution in [0.4, 0.5) is 20.6 Å². The molecule has 1 saturated heterocycles. The third kappa shape index (κ3) is 4.56. The summed E-state index contributed by atoms with van der Waals surface area (Å²) >= 11 is 0. The molecule has 0 unspecified atom stereocenters. The molecule has 0 aliphatic carbocycles. The van der Waals surface area contributed by atoms with Crippen molar-refractivity contribution in [1.82, 2.24) is 5.32 Å². The van der Waals surface area contributed by atoms with Crippen LogP contribution in [0.3, 0.4) is 0 Å². The Hall–Kier alpha value is -2.38. The molecule has 1 N–H and O–H groups in total. The fourth-order valence-electron chi connectivity index (χ4n) is 2.69. The van der Waals surface area contributed by atoms with Gasteiger partial charge in [0.15, 0.2) is 11.5 Å². The van der Waals surface area contributed by atoms with Gasteiger partial charge in [-0.05, 0) is 39.7 Å². The van der Waals surface area contributed by atoms with Crippen molar-refractivity contribution >= 4 is 17.5 Å². The second-order valence-corrected chi connectivity index (χ2v) is 6.77. The summed E-state index contributed by atoms with van der Waals surface area (Å²) < 4.78 is 19.3. The molecule has 0 saturated carbocycles. The number of piperidine rings is 1. The predicted octanol–water partition coefficient (Wildman–Crippen LogP) is 3.23. The summed E-state index contributed by atoms with van der Waals surface area (Å²) in [4.78, 5) is 24.0. The fourth-order valence-corrected chi connectivity index (χ4v) is 2.69. The first-order valence-electron chi connectivity index (χ1n) is 7.85. The Bertz CT molecular complexity index is 622. The highest BCUT2D eigenvalue weighted by Gasteiger charge is 2.29. The van der Waals surface area contributed by atoms with Gasteiger partial charge in [0.25, 0.3) is 5.69 Å². The van der Waals surface area contributed by atoms with E-state index in [1.54, 1.807) is 25.7 Å². The lowest BCUT2D eigenvalue weighted by Crippen LogP contribution is -2.46. The Labute approximate surface area is 139 Å². The minimum atomic E-state index is -0.609. The lowest BCUT2D eigenvalue weighted by atomic mass is 10.0. The molecule has 7 nitrogen and oxygen atoms in total. The van der Waals surface area contributed by atoms with Crippen LogP contribution in [0.15, 0.2) is 18.2 Å². The van der Waals surface area contributed by atoms with Crippen molar-refractivity contribution in [3.63, 3.8) is 0 Å². The highest BCUT2D eigenvalue weighted by molar-refractivity contribution is 5.68. The van der Waals surface area contributed by atoms with Gasteiger partial charge in [-0.2, -0.15) is 0 Å². The van der Waals surface area contributed by atoms with Crippen molar-refractivity contribution < 1.29 is 18.8 Å². The van der Waals surface area contributed by atoms with Gasteiger partial charge >= 0.3 is 6.09 Å². The number of nitro benzene ring substituents is 1. The van der Waals surface area contributed by atoms with Crippen molar-refractivity contribution in [2.24, 2.45) is 0 Å². The molecule has 1 aromatic carbocycles. The number of para-hydroxylation sites is 1. The van der Waals surface area contributed by atoms with Crippen LogP contribution in [0, 0.1) is 15.9 Å². The van der Waals surface area contributed by atoms with Crippen molar-refractivity contribution in [3.8, 4) is 0 Å². The van der Waals surface area contributed by atoms with Gasteiger partial charge in [0.1, 0.15) is 5.60 Å². The summed E-state index contributed by atoms with van der Waals surface area (Å²) in [5, 5.41) is 13.9. The standard InChI is InChI=1S/C16H22FN3O4/c1-16(2,3)24-15(21)18-11-7-9-19(10-8-11)14-12(17)5-4-6-13(14)20(22)23/h4-6,11H,7-10H2,1-3H3,(H,18,21). The Morgan fingerprint density at radius 3 is 2.54 bits per heavy atom. The maximum Gasteiger partial charge on any atom is 0.407 e. The summed E-state index contributed by atoms with van der Waals surface area (Å²) in [5.74, 6) is -0.609. The van der Waals surface area contributed by atoms with Crippen molar-refractivity contribution in [3.05, 3.63) is 34.1 Å². The number of carbonyl (C=O) groups excluding carboxylic acids is 1. The van der Waals surface area contributed by atoms with Crippen LogP contribution >= 0.6 is 0 Å². The summed E-state index contributed by atoms with van der Waals surface area (Å²) in [5.41, 5.74) is -0.801. The molecule has 24 heavy (non-hydrogen) atoms. The van der Waals surface area contributed by atoms with Crippen LogP contribution in [0.5, 0.6) is 0 Å². The normalized spacial score (nSPS) is 15.9. The molecule has 1 fully saturated rings. The van der Waals surface area contributed by atoms with Gasteiger partial charge in [-0.1, -0.05) is 6.07 Å². The zero-order valence-electron chi connectivity index (χ0n) is 14.0. The third-order valence-corrected chi connectivity index (χ3v) is 3.69. The number of nitro groups is 1. The lowest BCUT2D eigenvalue weighted by Gasteiger charge is -2.34. The number of nitrogens with one attached hydrogen (secondary N) is 1.